The predicted molar refractivity (Wildman–Crippen MR) is 77.2 cm³/mol. The first-order valence-electron chi connectivity index (χ1n) is 5.39. The summed E-state index contributed by atoms with van der Waals surface area (Å²) >= 11 is 10.1. The molecule has 1 amide bonds. The number of carbonyl (C=O) groups is 1. The molecule has 0 bridgehead atoms. The van der Waals surface area contributed by atoms with Crippen molar-refractivity contribution in [1.29, 1.82) is 0 Å². The number of anilines is 1. The summed E-state index contributed by atoms with van der Waals surface area (Å²) in [4.78, 5) is 30.8. The smallest absolute Gasteiger partial charge is 0.276 e. The van der Waals surface area contributed by atoms with Gasteiger partial charge in [0.25, 0.3) is 11.5 Å². The number of fused-ring (bicyclic) bond motifs is 1. The van der Waals surface area contributed by atoms with Crippen molar-refractivity contribution in [3.8, 4) is 0 Å². The highest BCUT2D eigenvalue weighted by Gasteiger charge is 2.34. The molecule has 1 aliphatic rings. The summed E-state index contributed by atoms with van der Waals surface area (Å²) in [6.45, 7) is 0. The Hall–Kier alpha value is -2.12. The van der Waals surface area contributed by atoms with E-state index >= 15 is 0 Å². The minimum atomic E-state index is -0.452. The van der Waals surface area contributed by atoms with E-state index in [9.17, 15) is 9.59 Å². The average Bonchev–Trinajstić information content (AvgIpc) is 2.64. The topological polar surface area (TPSA) is 69.0 Å². The maximum Gasteiger partial charge on any atom is 0.276 e. The van der Waals surface area contributed by atoms with Crippen LogP contribution in [-0.4, -0.2) is 20.9 Å². The summed E-state index contributed by atoms with van der Waals surface area (Å²) in [6.07, 6.45) is 1.39. The van der Waals surface area contributed by atoms with Gasteiger partial charge in [-0.2, -0.15) is 0 Å². The maximum absolute atomic E-state index is 12.3. The van der Waals surface area contributed by atoms with Crippen LogP contribution in [0, 0.1) is 4.77 Å². The molecule has 7 heteroatoms. The number of aromatic amines is 2. The molecule has 19 heavy (non-hydrogen) atoms. The van der Waals surface area contributed by atoms with E-state index in [0.717, 1.165) is 0 Å². The van der Waals surface area contributed by atoms with Crippen LogP contribution >= 0.6 is 24.4 Å². The lowest BCUT2D eigenvalue weighted by Gasteiger charge is -2.14. The summed E-state index contributed by atoms with van der Waals surface area (Å²) in [7, 11) is 0. The zero-order valence-corrected chi connectivity index (χ0v) is 11.1. The van der Waals surface area contributed by atoms with Crippen LogP contribution in [0.3, 0.4) is 0 Å². The molecule has 1 aromatic carbocycles. The number of aromatic nitrogens is 2. The molecule has 2 aromatic rings. The second kappa shape index (κ2) is 4.22. The van der Waals surface area contributed by atoms with Crippen LogP contribution in [0.1, 0.15) is 15.9 Å². The zero-order chi connectivity index (χ0) is 13.6. The fourth-order valence-electron chi connectivity index (χ4n) is 1.98. The first kappa shape index (κ1) is 11.9. The van der Waals surface area contributed by atoms with Crippen LogP contribution in [0.5, 0.6) is 0 Å². The van der Waals surface area contributed by atoms with Crippen LogP contribution in [-0.2, 0) is 0 Å². The number of amides is 1. The van der Waals surface area contributed by atoms with Crippen molar-refractivity contribution in [1.82, 2.24) is 9.97 Å². The predicted octanol–water partition coefficient (Wildman–Crippen LogP) is 1.77. The van der Waals surface area contributed by atoms with Gasteiger partial charge in [0.15, 0.2) is 4.77 Å². The Morgan fingerprint density at radius 1 is 1.05 bits per heavy atom. The minimum absolute atomic E-state index is 0.139. The van der Waals surface area contributed by atoms with Gasteiger partial charge in [-0.1, -0.05) is 30.4 Å². The lowest BCUT2D eigenvalue weighted by molar-refractivity contribution is 0.101. The Balaban J connectivity index is 2.19. The van der Waals surface area contributed by atoms with E-state index in [-0.39, 0.29) is 16.4 Å². The van der Waals surface area contributed by atoms with Crippen molar-refractivity contribution in [2.75, 3.05) is 4.90 Å². The van der Waals surface area contributed by atoms with Crippen LogP contribution in [0.2, 0.25) is 0 Å². The fraction of sp³-hybridized carbons (Fsp3) is 0. The number of nitrogens with zero attached hydrogens (tertiary/aromatic N) is 1. The van der Waals surface area contributed by atoms with E-state index in [0.29, 0.717) is 16.1 Å². The fourth-order valence-corrected chi connectivity index (χ4v) is 2.49. The van der Waals surface area contributed by atoms with Crippen molar-refractivity contribution in [2.45, 2.75) is 0 Å². The number of thiocarbonyl (C=S) groups is 1. The van der Waals surface area contributed by atoms with Crippen LogP contribution in [0.15, 0.2) is 35.3 Å². The normalized spacial score (nSPS) is 13.8. The highest BCUT2D eigenvalue weighted by molar-refractivity contribution is 7.81. The molecule has 5 nitrogen and oxygen atoms in total. The van der Waals surface area contributed by atoms with Gasteiger partial charge >= 0.3 is 0 Å². The van der Waals surface area contributed by atoms with Gasteiger partial charge in [0.05, 0.1) is 5.56 Å². The van der Waals surface area contributed by atoms with Crippen LogP contribution in [0.25, 0.3) is 0 Å². The molecule has 0 unspecified atom stereocenters. The number of hydrogen-bond acceptors (Lipinski definition) is 4. The molecule has 1 aliphatic heterocycles. The van der Waals surface area contributed by atoms with E-state index in [2.05, 4.69) is 9.97 Å². The lowest BCUT2D eigenvalue weighted by atomic mass is 10.1. The molecule has 0 radical (unpaired) electrons. The van der Waals surface area contributed by atoms with Crippen LogP contribution < -0.4 is 10.5 Å². The Morgan fingerprint density at radius 2 is 1.74 bits per heavy atom. The summed E-state index contributed by atoms with van der Waals surface area (Å²) in [5.74, 6) is -0.309. The standard InChI is InChI=1S/C12H7N3O2S2/c16-9-8(5-13-12(19)14-9)15-10(17)6-3-1-2-4-7(6)11(15)18/h1-5H,(H2,13,14,16,19). The van der Waals surface area contributed by atoms with Gasteiger partial charge in [-0.05, 0) is 18.3 Å². The largest absolute Gasteiger partial charge is 0.337 e. The highest BCUT2D eigenvalue weighted by atomic mass is 32.1. The third-order valence-electron chi connectivity index (χ3n) is 2.83. The first-order valence-corrected chi connectivity index (χ1v) is 6.21. The zero-order valence-electron chi connectivity index (χ0n) is 9.47. The van der Waals surface area contributed by atoms with Crippen molar-refractivity contribution >= 4 is 41.0 Å². The second-order valence-electron chi connectivity index (χ2n) is 3.95. The van der Waals surface area contributed by atoms with Gasteiger partial charge in [-0.15, -0.1) is 0 Å². The molecule has 2 N–H and O–H groups in total. The summed E-state index contributed by atoms with van der Waals surface area (Å²) in [5, 5.41) is 0. The van der Waals surface area contributed by atoms with Crippen molar-refractivity contribution in [3.05, 3.63) is 56.7 Å². The summed E-state index contributed by atoms with van der Waals surface area (Å²) < 4.78 is 0.198. The summed E-state index contributed by atoms with van der Waals surface area (Å²) in [5.41, 5.74) is 0.839. The third-order valence-corrected chi connectivity index (χ3v) is 3.46. The van der Waals surface area contributed by atoms with Crippen molar-refractivity contribution < 1.29 is 4.79 Å². The molecule has 0 atom stereocenters. The molecular weight excluding hydrogens is 282 g/mol. The van der Waals surface area contributed by atoms with Gasteiger partial charge in [0, 0.05) is 11.8 Å². The summed E-state index contributed by atoms with van der Waals surface area (Å²) in [6, 6.07) is 6.99. The Bertz CT molecular complexity index is 787. The SMILES string of the molecule is O=C1c2ccccc2C(=S)N1c1c[nH]c(=S)[nH]c1=O. The Kier molecular flexibility index (Phi) is 2.65. The molecule has 0 saturated heterocycles. The minimum Gasteiger partial charge on any atom is -0.337 e. The Morgan fingerprint density at radius 3 is 2.37 bits per heavy atom. The average molecular weight is 289 g/mol. The van der Waals surface area contributed by atoms with E-state index in [1.54, 1.807) is 24.3 Å². The number of hydrogen-bond donors (Lipinski definition) is 2. The number of rotatable bonds is 1. The van der Waals surface area contributed by atoms with E-state index in [4.69, 9.17) is 24.4 Å². The number of carbonyl (C=O) groups excluding carboxylic acids is 1. The molecule has 0 saturated carbocycles. The quantitative estimate of drug-likeness (QED) is 0.785. The van der Waals surface area contributed by atoms with Gasteiger partial charge in [-0.25, -0.2) is 0 Å². The molecule has 2 heterocycles. The molecule has 0 aliphatic carbocycles. The molecule has 1 aromatic heterocycles. The maximum atomic E-state index is 12.3. The first-order chi connectivity index (χ1) is 9.09. The van der Waals surface area contributed by atoms with Gasteiger partial charge in [0.2, 0.25) is 0 Å². The van der Waals surface area contributed by atoms with Crippen LogP contribution in [0.4, 0.5) is 5.69 Å². The molecule has 0 spiro atoms. The van der Waals surface area contributed by atoms with Gasteiger partial charge in [-0.3, -0.25) is 19.5 Å². The highest BCUT2D eigenvalue weighted by Crippen LogP contribution is 2.26. The monoisotopic (exact) mass is 289 g/mol. The third kappa shape index (κ3) is 1.74. The van der Waals surface area contributed by atoms with Gasteiger partial charge < -0.3 is 4.98 Å². The second-order valence-corrected chi connectivity index (χ2v) is 4.74. The lowest BCUT2D eigenvalue weighted by Crippen LogP contribution is -2.33. The van der Waals surface area contributed by atoms with E-state index < -0.39 is 5.56 Å². The van der Waals surface area contributed by atoms with E-state index in [1.807, 2.05) is 0 Å². The molecule has 94 valence electrons. The Labute approximate surface area is 117 Å². The van der Waals surface area contributed by atoms with Gasteiger partial charge in [0.1, 0.15) is 10.7 Å². The van der Waals surface area contributed by atoms with Crippen molar-refractivity contribution in [2.24, 2.45) is 0 Å². The molecule has 0 fully saturated rings. The van der Waals surface area contributed by atoms with Crippen molar-refractivity contribution in [3.63, 3.8) is 0 Å². The number of nitrogens with one attached hydrogen (secondary N) is 2. The van der Waals surface area contributed by atoms with E-state index in [1.165, 1.54) is 11.1 Å². The number of H-pyrrole nitrogens is 2. The molecular formula is C12H7N3O2S2. The molecule has 3 rings (SSSR count). The number of benzene rings is 1.